The molecule has 52 heavy (non-hydrogen) atoms. The van der Waals surface area contributed by atoms with Gasteiger partial charge in [0, 0.05) is 34.2 Å². The number of rotatable bonds is 12. The van der Waals surface area contributed by atoms with E-state index in [4.69, 9.17) is 23.4 Å². The molecule has 272 valence electrons. The Morgan fingerprint density at radius 3 is 1.63 bits per heavy atom. The number of fused-ring (bicyclic) bond motifs is 1. The Kier molecular flexibility index (Phi) is 11.0. The van der Waals surface area contributed by atoms with Gasteiger partial charge in [-0.25, -0.2) is 0 Å². The van der Waals surface area contributed by atoms with Gasteiger partial charge in [0.15, 0.2) is 5.75 Å². The second-order valence-electron chi connectivity index (χ2n) is 15.5. The predicted octanol–water partition coefficient (Wildman–Crippen LogP) is 9.87. The molecule has 1 aliphatic rings. The van der Waals surface area contributed by atoms with Crippen LogP contribution in [0, 0.1) is 0 Å². The van der Waals surface area contributed by atoms with Crippen LogP contribution in [0.2, 0.25) is 10.1 Å². The van der Waals surface area contributed by atoms with E-state index in [0.29, 0.717) is 60.6 Å². The average molecular weight is 719 g/mol. The van der Waals surface area contributed by atoms with Crippen LogP contribution in [0.15, 0.2) is 121 Å². The van der Waals surface area contributed by atoms with Crippen LogP contribution in [-0.2, 0) is 26.2 Å². The Bertz CT molecular complexity index is 1900. The Balaban J connectivity index is 1.34. The van der Waals surface area contributed by atoms with Crippen molar-refractivity contribution in [3.05, 3.63) is 149 Å². The van der Waals surface area contributed by atoms with Gasteiger partial charge in [-0.05, 0) is 34.4 Å². The van der Waals surface area contributed by atoms with Gasteiger partial charge in [0.25, 0.3) is 0 Å². The zero-order valence-electron chi connectivity index (χ0n) is 31.0. The second kappa shape index (κ2) is 15.5. The van der Waals surface area contributed by atoms with Gasteiger partial charge < -0.3 is 33.3 Å². The maximum atomic E-state index is 12.3. The summed E-state index contributed by atoms with van der Waals surface area (Å²) in [6.07, 6.45) is -1.33. The molecule has 8 heteroatoms. The molecule has 0 aromatic heterocycles. The van der Waals surface area contributed by atoms with Gasteiger partial charge in [0.1, 0.15) is 48.9 Å². The van der Waals surface area contributed by atoms with Gasteiger partial charge in [-0.1, -0.05) is 139 Å². The predicted molar refractivity (Wildman–Crippen MR) is 206 cm³/mol. The molecule has 1 aliphatic heterocycles. The highest BCUT2D eigenvalue weighted by Gasteiger charge is 2.58. The van der Waals surface area contributed by atoms with Gasteiger partial charge in [-0.3, -0.25) is 0 Å². The van der Waals surface area contributed by atoms with Gasteiger partial charge >= 0.3 is 8.56 Å². The Labute approximate surface area is 309 Å². The van der Waals surface area contributed by atoms with Gasteiger partial charge in [0.05, 0.1) is 6.10 Å². The van der Waals surface area contributed by atoms with Gasteiger partial charge in [-0.2, -0.15) is 0 Å². The summed E-state index contributed by atoms with van der Waals surface area (Å²) in [6, 6.07) is 39.2. The van der Waals surface area contributed by atoms with Crippen molar-refractivity contribution in [1.82, 2.24) is 0 Å². The molecule has 7 nitrogen and oxygen atoms in total. The second-order valence-corrected chi connectivity index (χ2v) is 20.0. The summed E-state index contributed by atoms with van der Waals surface area (Å²) in [7, 11) is -3.49. The molecule has 0 radical (unpaired) electrons. The summed E-state index contributed by atoms with van der Waals surface area (Å²) in [5.74, 6) is 2.70. The molecule has 0 aliphatic carbocycles. The summed E-state index contributed by atoms with van der Waals surface area (Å²) in [6.45, 7) is 13.1. The summed E-state index contributed by atoms with van der Waals surface area (Å²) in [5, 5.41) is 10.6. The first-order valence-corrected chi connectivity index (χ1v) is 19.7. The number of benzene rings is 5. The Hall–Kier alpha value is -4.76. The highest BCUT2D eigenvalue weighted by Crippen LogP contribution is 2.51. The zero-order chi connectivity index (χ0) is 36.9. The fourth-order valence-corrected chi connectivity index (χ4v) is 9.98. The summed E-state index contributed by atoms with van der Waals surface area (Å²) >= 11 is 0. The molecule has 0 fully saturated rings. The van der Waals surface area contributed by atoms with E-state index in [0.717, 1.165) is 22.3 Å². The van der Waals surface area contributed by atoms with Crippen molar-refractivity contribution in [3.8, 4) is 28.7 Å². The zero-order valence-corrected chi connectivity index (χ0v) is 32.0. The van der Waals surface area contributed by atoms with Crippen molar-refractivity contribution in [2.24, 2.45) is 0 Å². The fourth-order valence-electron chi connectivity index (χ4n) is 6.64. The Morgan fingerprint density at radius 1 is 0.615 bits per heavy atom. The van der Waals surface area contributed by atoms with Crippen molar-refractivity contribution in [1.29, 1.82) is 0 Å². The monoisotopic (exact) mass is 718 g/mol. The van der Waals surface area contributed by atoms with Crippen molar-refractivity contribution in [3.63, 3.8) is 0 Å². The molecule has 2 N–H and O–H groups in total. The van der Waals surface area contributed by atoms with Crippen LogP contribution in [0.3, 0.4) is 0 Å². The van der Waals surface area contributed by atoms with E-state index in [1.165, 1.54) is 0 Å². The molecule has 0 unspecified atom stereocenters. The smallest absolute Gasteiger partial charge is 0.407 e. The fraction of sp³-hybridized carbons (Fsp3) is 0.318. The van der Waals surface area contributed by atoms with E-state index in [1.807, 2.05) is 163 Å². The summed E-state index contributed by atoms with van der Waals surface area (Å²) < 4.78 is 32.4. The van der Waals surface area contributed by atoms with Crippen LogP contribution in [-0.4, -0.2) is 24.6 Å². The van der Waals surface area contributed by atoms with Crippen LogP contribution in [0.5, 0.6) is 28.7 Å². The van der Waals surface area contributed by atoms with E-state index in [-0.39, 0.29) is 0 Å². The number of aliphatic hydroxyl groups excluding tert-OH is 1. The third-order valence-corrected chi connectivity index (χ3v) is 14.0. The van der Waals surface area contributed by atoms with E-state index >= 15 is 0 Å². The number of ether oxygens (including phenoxy) is 4. The normalized spacial score (nSPS) is 16.0. The standard InChI is InChI=1S/C44H50O7Si/c1-43(2,3)52(46,44(4,5)6)51-41-24-34(22-23-38(41)48-29-32-18-12-8-13-19-32)42-37(45)27-36-39(49-30-33-20-14-9-15-21-33)25-35(26-40(36)50-42)47-28-31-16-10-7-11-17-31/h7-26,37,42,45-46H,27-30H2,1-6H3/t37-,42+/m0/s1. The minimum Gasteiger partial charge on any atom is -0.517 e. The lowest BCUT2D eigenvalue weighted by Crippen LogP contribution is -2.57. The largest absolute Gasteiger partial charge is 0.517 e. The van der Waals surface area contributed by atoms with Crippen LogP contribution in [0.4, 0.5) is 0 Å². The highest BCUT2D eigenvalue weighted by atomic mass is 28.4. The van der Waals surface area contributed by atoms with E-state index in [1.54, 1.807) is 0 Å². The molecular formula is C44H50O7Si. The van der Waals surface area contributed by atoms with E-state index in [2.05, 4.69) is 0 Å². The lowest BCUT2D eigenvalue weighted by molar-refractivity contribution is 0.0193. The lowest BCUT2D eigenvalue weighted by atomic mass is 9.93. The molecular weight excluding hydrogens is 669 g/mol. The molecule has 2 atom stereocenters. The Morgan fingerprint density at radius 2 is 1.12 bits per heavy atom. The first kappa shape index (κ1) is 37.0. The molecule has 0 spiro atoms. The van der Waals surface area contributed by atoms with Gasteiger partial charge in [-0.15, -0.1) is 0 Å². The van der Waals surface area contributed by atoms with Crippen LogP contribution in [0.25, 0.3) is 0 Å². The number of hydrogen-bond donors (Lipinski definition) is 2. The van der Waals surface area contributed by atoms with Crippen molar-refractivity contribution in [2.75, 3.05) is 0 Å². The quantitative estimate of drug-likeness (QED) is 0.124. The molecule has 0 amide bonds. The first-order chi connectivity index (χ1) is 24.8. The molecule has 5 aromatic carbocycles. The van der Waals surface area contributed by atoms with Gasteiger partial charge in [0.2, 0.25) is 0 Å². The molecule has 6 rings (SSSR count). The molecule has 5 aromatic rings. The van der Waals surface area contributed by atoms with Crippen LogP contribution in [0.1, 0.15) is 75.5 Å². The average Bonchev–Trinajstić information content (AvgIpc) is 3.12. The minimum atomic E-state index is -3.49. The van der Waals surface area contributed by atoms with Crippen LogP contribution >= 0.6 is 0 Å². The summed E-state index contributed by atoms with van der Waals surface area (Å²) in [4.78, 5) is 12.3. The van der Waals surface area contributed by atoms with Crippen LogP contribution < -0.4 is 23.4 Å². The molecule has 1 heterocycles. The number of hydrogen-bond acceptors (Lipinski definition) is 7. The van der Waals surface area contributed by atoms with Crippen molar-refractivity contribution >= 4 is 8.56 Å². The lowest BCUT2D eigenvalue weighted by Gasteiger charge is -2.45. The third-order valence-electron chi connectivity index (χ3n) is 9.47. The van der Waals surface area contributed by atoms with Crippen molar-refractivity contribution in [2.45, 2.75) is 90.1 Å². The molecule has 0 saturated carbocycles. The topological polar surface area (TPSA) is 86.6 Å². The molecule has 0 bridgehead atoms. The highest BCUT2D eigenvalue weighted by molar-refractivity contribution is 6.72. The minimum absolute atomic E-state index is 0.300. The maximum Gasteiger partial charge on any atom is 0.407 e. The third kappa shape index (κ3) is 8.47. The van der Waals surface area contributed by atoms with E-state index < -0.39 is 30.8 Å². The summed E-state index contributed by atoms with van der Waals surface area (Å²) in [5.41, 5.74) is 4.54. The first-order valence-electron chi connectivity index (χ1n) is 17.9. The number of aliphatic hydroxyl groups is 1. The van der Waals surface area contributed by atoms with E-state index in [9.17, 15) is 9.90 Å². The molecule has 0 saturated heterocycles. The maximum absolute atomic E-state index is 12.3. The SMILES string of the molecule is CC(C)(C)[Si](O)(Oc1cc([C@H]2Oc3cc(OCc4ccccc4)cc(OCc4ccccc4)c3C[C@@H]2O)ccc1OCc1ccccc1)C(C)(C)C. The van der Waals surface area contributed by atoms with Crippen molar-refractivity contribution < 1.29 is 33.3 Å².